The molecule has 1 heterocycles. The summed E-state index contributed by atoms with van der Waals surface area (Å²) in [7, 11) is 0. The number of carboxylic acid groups (broad SMARTS) is 1. The van der Waals surface area contributed by atoms with Crippen LogP contribution in [0.25, 0.3) is 11.0 Å². The van der Waals surface area contributed by atoms with Gasteiger partial charge in [0.25, 0.3) is 5.91 Å². The lowest BCUT2D eigenvalue weighted by atomic mass is 10.1. The first-order chi connectivity index (χ1) is 10.1. The van der Waals surface area contributed by atoms with Crippen molar-refractivity contribution in [3.8, 4) is 0 Å². The van der Waals surface area contributed by atoms with Crippen molar-refractivity contribution in [1.82, 2.24) is 20.3 Å². The number of aromatic nitrogens is 3. The van der Waals surface area contributed by atoms with E-state index in [4.69, 9.17) is 5.11 Å². The third-order valence-electron chi connectivity index (χ3n) is 3.70. The number of hydrogen-bond acceptors (Lipinski definition) is 4. The van der Waals surface area contributed by atoms with E-state index in [9.17, 15) is 9.59 Å². The van der Waals surface area contributed by atoms with Crippen molar-refractivity contribution in [2.75, 3.05) is 6.54 Å². The van der Waals surface area contributed by atoms with Gasteiger partial charge in [-0.2, -0.15) is 15.4 Å². The number of hydrogen-bond donors (Lipinski definition) is 2. The molecule has 2 N–H and O–H groups in total. The summed E-state index contributed by atoms with van der Waals surface area (Å²) in [4.78, 5) is 25.3. The first-order valence-corrected chi connectivity index (χ1v) is 6.90. The van der Waals surface area contributed by atoms with Crippen LogP contribution < -0.4 is 0 Å². The first-order valence-electron chi connectivity index (χ1n) is 6.90. The van der Waals surface area contributed by atoms with E-state index < -0.39 is 11.9 Å². The molecule has 1 fully saturated rings. The highest BCUT2D eigenvalue weighted by Crippen LogP contribution is 2.29. The number of H-pyrrole nitrogens is 1. The van der Waals surface area contributed by atoms with Crippen molar-refractivity contribution in [1.29, 1.82) is 0 Å². The highest BCUT2D eigenvalue weighted by atomic mass is 16.4. The van der Waals surface area contributed by atoms with Gasteiger partial charge in [0, 0.05) is 18.2 Å². The summed E-state index contributed by atoms with van der Waals surface area (Å²) >= 11 is 0. The Labute approximate surface area is 120 Å². The molecule has 0 spiro atoms. The fourth-order valence-electron chi connectivity index (χ4n) is 2.30. The molecule has 0 aliphatic heterocycles. The third kappa shape index (κ3) is 2.72. The Kier molecular flexibility index (Phi) is 3.32. The number of carboxylic acids is 1. The second-order valence-electron chi connectivity index (χ2n) is 5.46. The Bertz CT molecular complexity index is 692. The molecule has 1 unspecified atom stereocenters. The number of carbonyl (C=O) groups is 2. The summed E-state index contributed by atoms with van der Waals surface area (Å²) in [6.45, 7) is 1.85. The second kappa shape index (κ2) is 5.16. The van der Waals surface area contributed by atoms with Crippen molar-refractivity contribution in [2.45, 2.75) is 25.8 Å². The zero-order chi connectivity index (χ0) is 15.0. The Morgan fingerprint density at radius 1 is 1.38 bits per heavy atom. The quantitative estimate of drug-likeness (QED) is 0.863. The monoisotopic (exact) mass is 288 g/mol. The zero-order valence-electron chi connectivity index (χ0n) is 11.6. The summed E-state index contributed by atoms with van der Waals surface area (Å²) in [5, 5.41) is 19.5. The molecular weight excluding hydrogens is 272 g/mol. The number of carbonyl (C=O) groups excluding carboxylic acids is 1. The molecule has 1 saturated carbocycles. The summed E-state index contributed by atoms with van der Waals surface area (Å²) in [6, 6.07) is 5.28. The number of nitrogens with zero attached hydrogens (tertiary/aromatic N) is 3. The van der Waals surface area contributed by atoms with Crippen LogP contribution >= 0.6 is 0 Å². The minimum atomic E-state index is -0.889. The van der Waals surface area contributed by atoms with Gasteiger partial charge in [0.05, 0.1) is 5.92 Å². The third-order valence-corrected chi connectivity index (χ3v) is 3.70. The van der Waals surface area contributed by atoms with E-state index in [1.165, 1.54) is 0 Å². The first kappa shape index (κ1) is 13.5. The summed E-state index contributed by atoms with van der Waals surface area (Å²) in [5.74, 6) is -1.61. The zero-order valence-corrected chi connectivity index (χ0v) is 11.6. The van der Waals surface area contributed by atoms with Gasteiger partial charge < -0.3 is 10.0 Å². The maximum atomic E-state index is 12.6. The molecule has 1 aromatic heterocycles. The Hall–Kier alpha value is -2.44. The van der Waals surface area contributed by atoms with Gasteiger partial charge >= 0.3 is 5.97 Å². The highest BCUT2D eigenvalue weighted by molar-refractivity contribution is 5.97. The lowest BCUT2D eigenvalue weighted by Gasteiger charge is -2.24. The standard InChI is InChI=1S/C14H16N4O3/c1-8(14(20)21)7-18(10-3-4-10)13(19)9-2-5-11-12(6-9)16-17-15-11/h2,5-6,8,10H,3-4,7H2,1H3,(H,20,21)(H,15,16,17). The van der Waals surface area contributed by atoms with E-state index in [0.717, 1.165) is 12.8 Å². The Morgan fingerprint density at radius 3 is 2.76 bits per heavy atom. The number of nitrogens with one attached hydrogen (secondary N) is 1. The topological polar surface area (TPSA) is 99.2 Å². The van der Waals surface area contributed by atoms with Gasteiger partial charge in [0.1, 0.15) is 11.0 Å². The van der Waals surface area contributed by atoms with Crippen molar-refractivity contribution >= 4 is 22.9 Å². The van der Waals surface area contributed by atoms with Crippen LogP contribution in [0.3, 0.4) is 0 Å². The lowest BCUT2D eigenvalue weighted by molar-refractivity contribution is -0.141. The predicted octanol–water partition coefficient (Wildman–Crippen LogP) is 1.28. The molecule has 1 aliphatic carbocycles. The molecule has 0 bridgehead atoms. The smallest absolute Gasteiger partial charge is 0.308 e. The summed E-state index contributed by atoms with van der Waals surface area (Å²) in [5.41, 5.74) is 1.84. The maximum absolute atomic E-state index is 12.6. The fraction of sp³-hybridized carbons (Fsp3) is 0.429. The van der Waals surface area contributed by atoms with Crippen molar-refractivity contribution in [2.24, 2.45) is 5.92 Å². The number of aromatic amines is 1. The van der Waals surface area contributed by atoms with E-state index >= 15 is 0 Å². The van der Waals surface area contributed by atoms with Gasteiger partial charge in [-0.1, -0.05) is 6.92 Å². The number of benzene rings is 1. The molecule has 0 saturated heterocycles. The number of fused-ring (bicyclic) bond motifs is 1. The lowest BCUT2D eigenvalue weighted by Crippen LogP contribution is -2.38. The van der Waals surface area contributed by atoms with Gasteiger partial charge in [0.2, 0.25) is 0 Å². The van der Waals surface area contributed by atoms with Crippen LogP contribution in [-0.4, -0.2) is 49.9 Å². The van der Waals surface area contributed by atoms with E-state index in [2.05, 4.69) is 15.4 Å². The van der Waals surface area contributed by atoms with Crippen LogP contribution in [-0.2, 0) is 4.79 Å². The molecular formula is C14H16N4O3. The van der Waals surface area contributed by atoms with Crippen LogP contribution in [0.5, 0.6) is 0 Å². The van der Waals surface area contributed by atoms with Gasteiger partial charge in [0.15, 0.2) is 0 Å². The maximum Gasteiger partial charge on any atom is 0.308 e. The van der Waals surface area contributed by atoms with E-state index in [-0.39, 0.29) is 18.5 Å². The minimum Gasteiger partial charge on any atom is -0.481 e. The van der Waals surface area contributed by atoms with Gasteiger partial charge in [-0.05, 0) is 31.0 Å². The van der Waals surface area contributed by atoms with Crippen molar-refractivity contribution < 1.29 is 14.7 Å². The van der Waals surface area contributed by atoms with Gasteiger partial charge in [-0.25, -0.2) is 0 Å². The van der Waals surface area contributed by atoms with E-state index in [0.29, 0.717) is 16.6 Å². The molecule has 110 valence electrons. The van der Waals surface area contributed by atoms with Crippen LogP contribution in [0.1, 0.15) is 30.1 Å². The molecule has 7 heteroatoms. The average molecular weight is 288 g/mol. The number of rotatable bonds is 5. The average Bonchev–Trinajstić information content (AvgIpc) is 3.20. The summed E-state index contributed by atoms with van der Waals surface area (Å²) in [6.07, 6.45) is 1.87. The molecule has 1 amide bonds. The summed E-state index contributed by atoms with van der Waals surface area (Å²) < 4.78 is 0. The molecule has 7 nitrogen and oxygen atoms in total. The normalized spacial score (nSPS) is 15.9. The van der Waals surface area contributed by atoms with Crippen LogP contribution in [0.4, 0.5) is 0 Å². The largest absolute Gasteiger partial charge is 0.481 e. The SMILES string of the molecule is CC(CN(C(=O)c1ccc2n[nH]nc2c1)C1CC1)C(=O)O. The Balaban J connectivity index is 1.84. The number of amides is 1. The van der Waals surface area contributed by atoms with E-state index in [1.54, 1.807) is 30.0 Å². The van der Waals surface area contributed by atoms with Gasteiger partial charge in [-0.3, -0.25) is 9.59 Å². The molecule has 2 aromatic rings. The number of aliphatic carboxylic acids is 1. The van der Waals surface area contributed by atoms with Crippen LogP contribution in [0.15, 0.2) is 18.2 Å². The second-order valence-corrected chi connectivity index (χ2v) is 5.46. The van der Waals surface area contributed by atoms with Crippen LogP contribution in [0, 0.1) is 5.92 Å². The molecule has 1 aromatic carbocycles. The molecule has 0 radical (unpaired) electrons. The Morgan fingerprint density at radius 2 is 2.10 bits per heavy atom. The molecule has 1 aliphatic rings. The van der Waals surface area contributed by atoms with Crippen molar-refractivity contribution in [3.63, 3.8) is 0 Å². The fourth-order valence-corrected chi connectivity index (χ4v) is 2.30. The molecule has 21 heavy (non-hydrogen) atoms. The van der Waals surface area contributed by atoms with Crippen molar-refractivity contribution in [3.05, 3.63) is 23.8 Å². The van der Waals surface area contributed by atoms with Gasteiger partial charge in [-0.15, -0.1) is 0 Å². The highest BCUT2D eigenvalue weighted by Gasteiger charge is 2.35. The van der Waals surface area contributed by atoms with E-state index in [1.807, 2.05) is 0 Å². The molecule has 3 rings (SSSR count). The molecule has 1 atom stereocenters. The predicted molar refractivity (Wildman–Crippen MR) is 74.7 cm³/mol. The minimum absolute atomic E-state index is 0.143. The van der Waals surface area contributed by atoms with Crippen LogP contribution in [0.2, 0.25) is 0 Å².